The first-order valence-corrected chi connectivity index (χ1v) is 9.18. The average Bonchev–Trinajstić information content (AvgIpc) is 2.64. The van der Waals surface area contributed by atoms with Gasteiger partial charge in [0.25, 0.3) is 0 Å². The third-order valence-corrected chi connectivity index (χ3v) is 3.57. The van der Waals surface area contributed by atoms with Gasteiger partial charge in [-0.1, -0.05) is 6.92 Å². The minimum atomic E-state index is -0.777. The van der Waals surface area contributed by atoms with Crippen LogP contribution >= 0.6 is 0 Å². The Labute approximate surface area is 154 Å². The first kappa shape index (κ1) is 24.3. The topological polar surface area (TPSA) is 137 Å². The highest BCUT2D eigenvalue weighted by Crippen LogP contribution is 2.00. The first-order chi connectivity index (χ1) is 12.5. The molecule has 0 aromatic rings. The quantitative estimate of drug-likeness (QED) is 0.221. The Morgan fingerprint density at radius 1 is 0.923 bits per heavy atom. The van der Waals surface area contributed by atoms with Crippen molar-refractivity contribution in [2.45, 2.75) is 51.5 Å². The van der Waals surface area contributed by atoms with Gasteiger partial charge in [-0.15, -0.1) is 0 Å². The van der Waals surface area contributed by atoms with Crippen molar-refractivity contribution in [2.75, 3.05) is 39.5 Å². The van der Waals surface area contributed by atoms with Crippen LogP contribution in [0.2, 0.25) is 0 Å². The molecule has 0 rings (SSSR count). The highest BCUT2D eigenvalue weighted by Gasteiger charge is 2.20. The zero-order valence-corrected chi connectivity index (χ0v) is 15.6. The molecule has 0 aliphatic rings. The molecule has 9 nitrogen and oxygen atoms in total. The van der Waals surface area contributed by atoms with E-state index in [9.17, 15) is 14.4 Å². The van der Waals surface area contributed by atoms with Crippen LogP contribution in [0.5, 0.6) is 0 Å². The third kappa shape index (κ3) is 13.6. The normalized spacial score (nSPS) is 11.7. The second-order valence-corrected chi connectivity index (χ2v) is 5.77. The summed E-state index contributed by atoms with van der Waals surface area (Å²) in [5.74, 6) is -0.801. The summed E-state index contributed by atoms with van der Waals surface area (Å²) in [4.78, 5) is 35.6. The lowest BCUT2D eigenvalue weighted by molar-refractivity contribution is -0.129. The number of aliphatic hydroxyl groups excluding tert-OH is 2. The van der Waals surface area contributed by atoms with E-state index in [1.165, 1.54) is 0 Å². The number of aliphatic hydroxyl groups is 2. The van der Waals surface area contributed by atoms with Gasteiger partial charge in [0, 0.05) is 32.5 Å². The van der Waals surface area contributed by atoms with Gasteiger partial charge in [0.15, 0.2) is 0 Å². The Balaban J connectivity index is 4.21. The number of carbonyl (C=O) groups excluding carboxylic acids is 3. The molecule has 9 heteroatoms. The van der Waals surface area contributed by atoms with E-state index in [-0.39, 0.29) is 70.0 Å². The molecule has 0 saturated heterocycles. The molecule has 3 amide bonds. The molecule has 0 fully saturated rings. The number of rotatable bonds is 16. The Morgan fingerprint density at radius 2 is 1.69 bits per heavy atom. The standard InChI is InChI=1S/C17H33N3O6/c1-2-15(23)20-14(17(25)19-9-12-26-13-11-22)6-7-16(24)18-8-4-3-5-10-21/h14,21-22H,2-13H2,1H3,(H,18,24)(H,19,25)(H,20,23)/t14-/m0/s1. The van der Waals surface area contributed by atoms with Crippen molar-refractivity contribution in [3.8, 4) is 0 Å². The minimum absolute atomic E-state index is 0.0851. The molecule has 26 heavy (non-hydrogen) atoms. The van der Waals surface area contributed by atoms with E-state index < -0.39 is 6.04 Å². The fourth-order valence-electron chi connectivity index (χ4n) is 2.11. The average molecular weight is 375 g/mol. The number of hydrogen-bond acceptors (Lipinski definition) is 6. The zero-order valence-electron chi connectivity index (χ0n) is 15.6. The Hall–Kier alpha value is -1.71. The number of amides is 3. The number of unbranched alkanes of at least 4 members (excludes halogenated alkanes) is 2. The van der Waals surface area contributed by atoms with E-state index in [0.717, 1.165) is 12.8 Å². The van der Waals surface area contributed by atoms with Gasteiger partial charge in [-0.2, -0.15) is 0 Å². The first-order valence-electron chi connectivity index (χ1n) is 9.18. The molecule has 0 aromatic heterocycles. The Bertz CT molecular complexity index is 406. The van der Waals surface area contributed by atoms with E-state index in [4.69, 9.17) is 14.9 Å². The van der Waals surface area contributed by atoms with Gasteiger partial charge in [0.1, 0.15) is 6.04 Å². The van der Waals surface area contributed by atoms with Crippen LogP contribution in [0.3, 0.4) is 0 Å². The van der Waals surface area contributed by atoms with Crippen LogP contribution in [0.15, 0.2) is 0 Å². The number of carbonyl (C=O) groups is 3. The monoisotopic (exact) mass is 375 g/mol. The van der Waals surface area contributed by atoms with Gasteiger partial charge in [-0.05, 0) is 25.7 Å². The van der Waals surface area contributed by atoms with Gasteiger partial charge in [-0.3, -0.25) is 14.4 Å². The van der Waals surface area contributed by atoms with Gasteiger partial charge < -0.3 is 30.9 Å². The summed E-state index contributed by atoms with van der Waals surface area (Å²) >= 11 is 0. The van der Waals surface area contributed by atoms with Crippen molar-refractivity contribution in [2.24, 2.45) is 0 Å². The molecule has 0 heterocycles. The van der Waals surface area contributed by atoms with E-state index in [0.29, 0.717) is 13.0 Å². The predicted molar refractivity (Wildman–Crippen MR) is 96.3 cm³/mol. The second kappa shape index (κ2) is 16.7. The molecule has 0 bridgehead atoms. The van der Waals surface area contributed by atoms with Crippen molar-refractivity contribution in [1.82, 2.24) is 16.0 Å². The molecule has 5 N–H and O–H groups in total. The maximum absolute atomic E-state index is 12.2. The van der Waals surface area contributed by atoms with Crippen molar-refractivity contribution in [3.63, 3.8) is 0 Å². The van der Waals surface area contributed by atoms with E-state index >= 15 is 0 Å². The fourth-order valence-corrected chi connectivity index (χ4v) is 2.11. The lowest BCUT2D eigenvalue weighted by Gasteiger charge is -2.18. The van der Waals surface area contributed by atoms with E-state index in [1.54, 1.807) is 6.92 Å². The van der Waals surface area contributed by atoms with E-state index in [1.807, 2.05) is 0 Å². The van der Waals surface area contributed by atoms with E-state index in [2.05, 4.69) is 16.0 Å². The molecule has 0 saturated carbocycles. The third-order valence-electron chi connectivity index (χ3n) is 3.57. The highest BCUT2D eigenvalue weighted by atomic mass is 16.5. The maximum Gasteiger partial charge on any atom is 0.242 e. The molecule has 0 spiro atoms. The predicted octanol–water partition coefficient (Wildman–Crippen LogP) is -0.935. The minimum Gasteiger partial charge on any atom is -0.396 e. The van der Waals surface area contributed by atoms with Gasteiger partial charge in [0.2, 0.25) is 17.7 Å². The zero-order chi connectivity index (χ0) is 19.6. The lowest BCUT2D eigenvalue weighted by Crippen LogP contribution is -2.47. The van der Waals surface area contributed by atoms with Crippen LogP contribution in [-0.2, 0) is 19.1 Å². The largest absolute Gasteiger partial charge is 0.396 e. The number of hydrogen-bond donors (Lipinski definition) is 5. The van der Waals surface area contributed by atoms with Crippen LogP contribution in [0.25, 0.3) is 0 Å². The highest BCUT2D eigenvalue weighted by molar-refractivity contribution is 5.88. The number of nitrogens with one attached hydrogen (secondary N) is 3. The summed E-state index contributed by atoms with van der Waals surface area (Å²) < 4.78 is 5.05. The van der Waals surface area contributed by atoms with Crippen LogP contribution in [0.4, 0.5) is 0 Å². The molecule has 152 valence electrons. The van der Waals surface area contributed by atoms with Gasteiger partial charge in [-0.25, -0.2) is 0 Å². The van der Waals surface area contributed by atoms with Crippen molar-refractivity contribution >= 4 is 17.7 Å². The lowest BCUT2D eigenvalue weighted by atomic mass is 10.1. The van der Waals surface area contributed by atoms with Gasteiger partial charge in [0.05, 0.1) is 19.8 Å². The summed E-state index contributed by atoms with van der Waals surface area (Å²) in [7, 11) is 0. The fraction of sp³-hybridized carbons (Fsp3) is 0.824. The molecule has 0 aliphatic heterocycles. The molecular formula is C17H33N3O6. The summed E-state index contributed by atoms with van der Waals surface area (Å²) in [5, 5.41) is 25.3. The van der Waals surface area contributed by atoms with Crippen LogP contribution in [0, 0.1) is 0 Å². The van der Waals surface area contributed by atoms with Crippen LogP contribution in [-0.4, -0.2) is 73.5 Å². The maximum atomic E-state index is 12.2. The molecule has 1 atom stereocenters. The molecule has 0 aliphatic carbocycles. The SMILES string of the molecule is CCC(=O)N[C@@H](CCC(=O)NCCCCCO)C(=O)NCCOCCO. The molecular weight excluding hydrogens is 342 g/mol. The second-order valence-electron chi connectivity index (χ2n) is 5.77. The summed E-state index contributed by atoms with van der Waals surface area (Å²) in [6.07, 6.45) is 2.92. The Morgan fingerprint density at radius 3 is 2.35 bits per heavy atom. The van der Waals surface area contributed by atoms with Crippen LogP contribution in [0.1, 0.15) is 45.4 Å². The molecule has 0 aromatic carbocycles. The van der Waals surface area contributed by atoms with Gasteiger partial charge >= 0.3 is 0 Å². The Kier molecular flexibility index (Phi) is 15.6. The molecule has 0 radical (unpaired) electrons. The van der Waals surface area contributed by atoms with Crippen molar-refractivity contribution in [3.05, 3.63) is 0 Å². The van der Waals surface area contributed by atoms with Crippen molar-refractivity contribution in [1.29, 1.82) is 0 Å². The molecule has 0 unspecified atom stereocenters. The number of ether oxygens (including phenoxy) is 1. The summed E-state index contributed by atoms with van der Waals surface area (Å²) in [6.45, 7) is 2.99. The van der Waals surface area contributed by atoms with Crippen LogP contribution < -0.4 is 16.0 Å². The van der Waals surface area contributed by atoms with Crippen molar-refractivity contribution < 1.29 is 29.3 Å². The smallest absolute Gasteiger partial charge is 0.242 e. The summed E-state index contributed by atoms with van der Waals surface area (Å²) in [5.41, 5.74) is 0. The summed E-state index contributed by atoms with van der Waals surface area (Å²) in [6, 6.07) is -0.777.